The first-order chi connectivity index (χ1) is 11.2. The molecule has 1 fully saturated rings. The number of carbonyl (C=O) groups is 1. The predicted octanol–water partition coefficient (Wildman–Crippen LogP) is 3.00. The van der Waals surface area contributed by atoms with Crippen LogP contribution in [0.25, 0.3) is 0 Å². The molecule has 5 nitrogen and oxygen atoms in total. The highest BCUT2D eigenvalue weighted by Crippen LogP contribution is 2.16. The topological polar surface area (TPSA) is 58.1 Å². The normalized spacial score (nSPS) is 14.6. The minimum atomic E-state index is -0.101. The van der Waals surface area contributed by atoms with E-state index in [9.17, 15) is 4.79 Å². The highest BCUT2D eigenvalue weighted by atomic mass is 127. The average Bonchev–Trinajstić information content (AvgIpc) is 2.61. The third-order valence-corrected chi connectivity index (χ3v) is 4.54. The number of anilines is 1. The van der Waals surface area contributed by atoms with Gasteiger partial charge in [-0.15, -0.1) is 0 Å². The molecule has 120 valence electrons. The Morgan fingerprint density at radius 1 is 1.22 bits per heavy atom. The monoisotopic (exact) mass is 422 g/mol. The van der Waals surface area contributed by atoms with Crippen molar-refractivity contribution < 1.29 is 4.79 Å². The van der Waals surface area contributed by atoms with Crippen LogP contribution < -0.4 is 10.2 Å². The van der Waals surface area contributed by atoms with Gasteiger partial charge in [-0.2, -0.15) is 0 Å². The fourth-order valence-electron chi connectivity index (χ4n) is 2.66. The molecular formula is C17H19IN4O. The lowest BCUT2D eigenvalue weighted by Gasteiger charge is -2.27. The van der Waals surface area contributed by atoms with E-state index in [0.29, 0.717) is 17.9 Å². The summed E-state index contributed by atoms with van der Waals surface area (Å²) < 4.78 is 1.04. The molecule has 1 saturated heterocycles. The number of hydrogen-bond donors (Lipinski definition) is 1. The Morgan fingerprint density at radius 3 is 2.83 bits per heavy atom. The Labute approximate surface area is 149 Å². The zero-order chi connectivity index (χ0) is 16.1. The maximum atomic E-state index is 12.2. The zero-order valence-corrected chi connectivity index (χ0v) is 15.0. The first kappa shape index (κ1) is 16.2. The molecule has 0 atom stereocenters. The predicted molar refractivity (Wildman–Crippen MR) is 98.4 cm³/mol. The number of amides is 1. The zero-order valence-electron chi connectivity index (χ0n) is 12.8. The minimum Gasteiger partial charge on any atom is -0.357 e. The highest BCUT2D eigenvalue weighted by molar-refractivity contribution is 14.1. The van der Waals surface area contributed by atoms with Gasteiger partial charge >= 0.3 is 0 Å². The summed E-state index contributed by atoms with van der Waals surface area (Å²) >= 11 is 2.20. The van der Waals surface area contributed by atoms with E-state index in [1.807, 2.05) is 30.3 Å². The van der Waals surface area contributed by atoms with Gasteiger partial charge in [0.15, 0.2) is 0 Å². The third-order valence-electron chi connectivity index (χ3n) is 3.86. The van der Waals surface area contributed by atoms with Gasteiger partial charge in [-0.3, -0.25) is 4.79 Å². The van der Waals surface area contributed by atoms with Gasteiger partial charge in [-0.1, -0.05) is 6.07 Å². The molecule has 0 bridgehead atoms. The van der Waals surface area contributed by atoms with Gasteiger partial charge in [-0.25, -0.2) is 9.97 Å². The van der Waals surface area contributed by atoms with Gasteiger partial charge in [0, 0.05) is 28.4 Å². The van der Waals surface area contributed by atoms with Crippen molar-refractivity contribution in [2.45, 2.75) is 25.8 Å². The number of nitrogens with zero attached hydrogens (tertiary/aromatic N) is 3. The van der Waals surface area contributed by atoms with E-state index in [1.54, 1.807) is 6.20 Å². The number of hydrogen-bond acceptors (Lipinski definition) is 4. The Hall–Kier alpha value is -1.70. The van der Waals surface area contributed by atoms with Crippen LogP contribution in [0.4, 0.5) is 5.82 Å². The lowest BCUT2D eigenvalue weighted by molar-refractivity contribution is 0.0950. The van der Waals surface area contributed by atoms with Crippen molar-refractivity contribution >= 4 is 34.3 Å². The molecular weight excluding hydrogens is 403 g/mol. The van der Waals surface area contributed by atoms with Crippen LogP contribution in [0.1, 0.15) is 35.4 Å². The second kappa shape index (κ2) is 7.72. The molecule has 1 amide bonds. The molecule has 6 heteroatoms. The number of carbonyl (C=O) groups excluding carboxylic acids is 1. The quantitative estimate of drug-likeness (QED) is 0.770. The number of halogens is 1. The van der Waals surface area contributed by atoms with Crippen LogP contribution in [0.15, 0.2) is 36.5 Å². The van der Waals surface area contributed by atoms with Gasteiger partial charge in [0.25, 0.3) is 5.91 Å². The molecule has 2 aromatic rings. The molecule has 1 aliphatic rings. The van der Waals surface area contributed by atoms with Gasteiger partial charge in [-0.05, 0) is 66.1 Å². The number of benzene rings is 1. The average molecular weight is 422 g/mol. The second-order valence-corrected chi connectivity index (χ2v) is 6.82. The molecule has 0 spiro atoms. The molecule has 3 rings (SSSR count). The number of aromatic nitrogens is 2. The summed E-state index contributed by atoms with van der Waals surface area (Å²) in [7, 11) is 0. The summed E-state index contributed by atoms with van der Waals surface area (Å²) in [5.74, 6) is 1.50. The molecule has 0 saturated carbocycles. The Kier molecular flexibility index (Phi) is 5.43. The van der Waals surface area contributed by atoms with Gasteiger partial charge < -0.3 is 10.2 Å². The van der Waals surface area contributed by atoms with Crippen molar-refractivity contribution in [3.63, 3.8) is 0 Å². The Morgan fingerprint density at radius 2 is 2.04 bits per heavy atom. The van der Waals surface area contributed by atoms with Crippen molar-refractivity contribution in [3.8, 4) is 0 Å². The van der Waals surface area contributed by atoms with Crippen LogP contribution >= 0.6 is 22.6 Å². The molecule has 1 aliphatic heterocycles. The van der Waals surface area contributed by atoms with E-state index in [1.165, 1.54) is 19.3 Å². The van der Waals surface area contributed by atoms with E-state index in [0.717, 1.165) is 22.5 Å². The van der Waals surface area contributed by atoms with E-state index in [4.69, 9.17) is 0 Å². The van der Waals surface area contributed by atoms with E-state index in [-0.39, 0.29) is 5.91 Å². The molecule has 1 aromatic heterocycles. The smallest absolute Gasteiger partial charge is 0.251 e. The molecule has 2 heterocycles. The largest absolute Gasteiger partial charge is 0.357 e. The minimum absolute atomic E-state index is 0.101. The van der Waals surface area contributed by atoms with Crippen LogP contribution in [-0.4, -0.2) is 29.0 Å². The molecule has 0 aliphatic carbocycles. The summed E-state index contributed by atoms with van der Waals surface area (Å²) in [6.45, 7) is 2.43. The standard InChI is InChI=1S/C17H19IN4O/c18-14-6-4-5-13(11-14)17(23)20-12-15-19-8-7-16(21-15)22-9-2-1-3-10-22/h4-8,11H,1-3,9-10,12H2,(H,20,23). The summed E-state index contributed by atoms with van der Waals surface area (Å²) in [4.78, 5) is 23.3. The fourth-order valence-corrected chi connectivity index (χ4v) is 3.21. The summed E-state index contributed by atoms with van der Waals surface area (Å²) in [6.07, 6.45) is 5.48. The van der Waals surface area contributed by atoms with Gasteiger partial charge in [0.2, 0.25) is 0 Å². The molecule has 0 radical (unpaired) electrons. The first-order valence-corrected chi connectivity index (χ1v) is 8.91. The molecule has 23 heavy (non-hydrogen) atoms. The third kappa shape index (κ3) is 4.40. The van der Waals surface area contributed by atoms with E-state index >= 15 is 0 Å². The molecule has 1 N–H and O–H groups in total. The van der Waals surface area contributed by atoms with Crippen LogP contribution in [0.5, 0.6) is 0 Å². The van der Waals surface area contributed by atoms with Crippen LogP contribution in [0, 0.1) is 3.57 Å². The van der Waals surface area contributed by atoms with Crippen molar-refractivity contribution in [2.75, 3.05) is 18.0 Å². The summed E-state index contributed by atoms with van der Waals surface area (Å²) in [5, 5.41) is 2.89. The maximum absolute atomic E-state index is 12.2. The number of nitrogens with one attached hydrogen (secondary N) is 1. The molecule has 0 unspecified atom stereocenters. The van der Waals surface area contributed by atoms with E-state index < -0.39 is 0 Å². The summed E-state index contributed by atoms with van der Waals surface area (Å²) in [5.41, 5.74) is 0.657. The maximum Gasteiger partial charge on any atom is 0.251 e. The SMILES string of the molecule is O=C(NCc1nccc(N2CCCCC2)n1)c1cccc(I)c1. The van der Waals surface area contributed by atoms with Crippen molar-refractivity contribution in [3.05, 3.63) is 51.5 Å². The lowest BCUT2D eigenvalue weighted by atomic mass is 10.1. The number of rotatable bonds is 4. The second-order valence-electron chi connectivity index (χ2n) is 5.57. The van der Waals surface area contributed by atoms with Crippen LogP contribution in [0.2, 0.25) is 0 Å². The van der Waals surface area contributed by atoms with Crippen molar-refractivity contribution in [1.29, 1.82) is 0 Å². The van der Waals surface area contributed by atoms with Crippen molar-refractivity contribution in [2.24, 2.45) is 0 Å². The van der Waals surface area contributed by atoms with Crippen molar-refractivity contribution in [1.82, 2.24) is 15.3 Å². The lowest BCUT2D eigenvalue weighted by Crippen LogP contribution is -2.31. The summed E-state index contributed by atoms with van der Waals surface area (Å²) in [6, 6.07) is 9.45. The fraction of sp³-hybridized carbons (Fsp3) is 0.353. The first-order valence-electron chi connectivity index (χ1n) is 7.83. The Bertz CT molecular complexity index is 686. The van der Waals surface area contributed by atoms with E-state index in [2.05, 4.69) is 42.8 Å². The van der Waals surface area contributed by atoms with Gasteiger partial charge in [0.05, 0.1) is 6.54 Å². The van der Waals surface area contributed by atoms with Crippen LogP contribution in [0.3, 0.4) is 0 Å². The Balaban J connectivity index is 1.63. The molecule has 1 aromatic carbocycles. The van der Waals surface area contributed by atoms with Crippen LogP contribution in [-0.2, 0) is 6.54 Å². The number of piperidine rings is 1. The highest BCUT2D eigenvalue weighted by Gasteiger charge is 2.13. The van der Waals surface area contributed by atoms with Gasteiger partial charge in [0.1, 0.15) is 11.6 Å².